The van der Waals surface area contributed by atoms with Gasteiger partial charge in [-0.15, -0.1) is 0 Å². The van der Waals surface area contributed by atoms with E-state index in [1.807, 2.05) is 6.20 Å². The molecule has 1 aliphatic heterocycles. The van der Waals surface area contributed by atoms with Gasteiger partial charge in [0.15, 0.2) is 8.32 Å². The van der Waals surface area contributed by atoms with Crippen LogP contribution in [0.3, 0.4) is 0 Å². The Kier molecular flexibility index (Phi) is 6.92. The molecule has 0 bridgehead atoms. The van der Waals surface area contributed by atoms with E-state index >= 15 is 0 Å². The summed E-state index contributed by atoms with van der Waals surface area (Å²) in [6.07, 6.45) is 5.17. The molecule has 6 nitrogen and oxygen atoms in total. The molecule has 1 aromatic heterocycles. The highest BCUT2D eigenvalue weighted by molar-refractivity contribution is 6.74. The molecular weight excluding hydrogens is 358 g/mol. The predicted molar refractivity (Wildman–Crippen MR) is 112 cm³/mol. The van der Waals surface area contributed by atoms with Gasteiger partial charge in [-0.05, 0) is 49.7 Å². The first-order chi connectivity index (χ1) is 12.5. The smallest absolute Gasteiger partial charge is 0.351 e. The zero-order valence-electron chi connectivity index (χ0n) is 18.0. The molecule has 1 saturated heterocycles. The fourth-order valence-corrected chi connectivity index (χ4v) is 4.35. The summed E-state index contributed by atoms with van der Waals surface area (Å²) >= 11 is 0. The lowest BCUT2D eigenvalue weighted by Gasteiger charge is -2.36. The molecule has 3 atom stereocenters. The van der Waals surface area contributed by atoms with Crippen LogP contribution in [-0.2, 0) is 15.6 Å². The minimum absolute atomic E-state index is 0.195. The highest BCUT2D eigenvalue weighted by atomic mass is 28.4. The third kappa shape index (κ3) is 5.21. The highest BCUT2D eigenvalue weighted by Gasteiger charge is 2.37. The lowest BCUT2D eigenvalue weighted by atomic mass is 10.0. The van der Waals surface area contributed by atoms with Crippen molar-refractivity contribution >= 4 is 14.1 Å². The number of anilines is 1. The van der Waals surface area contributed by atoms with Gasteiger partial charge in [-0.25, -0.2) is 4.79 Å². The standard InChI is InChI=1S/C20H37N3O3Si/c1-8-16-14(2)12-17(26-16)23-13-15(18(21)22-19(23)24)10-9-11-25-27(6,7)20(3,4)5/h13-14,16-17H,8-12H2,1-7H3,(H2,21,22,24)/t14-,16+,17?/m0/s1. The van der Waals surface area contributed by atoms with Crippen LogP contribution in [0.4, 0.5) is 5.82 Å². The van der Waals surface area contributed by atoms with Crippen LogP contribution >= 0.6 is 0 Å². The van der Waals surface area contributed by atoms with Crippen molar-refractivity contribution in [3.05, 3.63) is 22.2 Å². The summed E-state index contributed by atoms with van der Waals surface area (Å²) in [6, 6.07) is 0. The molecule has 0 aliphatic carbocycles. The fourth-order valence-electron chi connectivity index (χ4n) is 3.27. The Balaban J connectivity index is 2.03. The second-order valence-electron chi connectivity index (χ2n) is 9.30. The van der Waals surface area contributed by atoms with Crippen molar-refractivity contribution in [1.82, 2.24) is 9.55 Å². The number of aryl methyl sites for hydroxylation is 1. The van der Waals surface area contributed by atoms with Crippen molar-refractivity contribution in [3.63, 3.8) is 0 Å². The van der Waals surface area contributed by atoms with E-state index in [0.717, 1.165) is 31.2 Å². The second-order valence-corrected chi connectivity index (χ2v) is 14.1. The minimum Gasteiger partial charge on any atom is -0.417 e. The van der Waals surface area contributed by atoms with Crippen molar-refractivity contribution in [2.24, 2.45) is 5.92 Å². The van der Waals surface area contributed by atoms with Gasteiger partial charge in [0.1, 0.15) is 12.0 Å². The Bertz CT molecular complexity index is 697. The predicted octanol–water partition coefficient (Wildman–Crippen LogP) is 4.11. The van der Waals surface area contributed by atoms with E-state index in [-0.39, 0.29) is 23.1 Å². The zero-order chi connectivity index (χ0) is 20.4. The van der Waals surface area contributed by atoms with Crippen molar-refractivity contribution < 1.29 is 9.16 Å². The minimum atomic E-state index is -1.74. The van der Waals surface area contributed by atoms with Gasteiger partial charge >= 0.3 is 5.69 Å². The Morgan fingerprint density at radius 3 is 2.63 bits per heavy atom. The topological polar surface area (TPSA) is 79.4 Å². The average molecular weight is 396 g/mol. The van der Waals surface area contributed by atoms with Crippen LogP contribution in [-0.4, -0.2) is 30.6 Å². The van der Waals surface area contributed by atoms with Gasteiger partial charge in [-0.1, -0.05) is 34.6 Å². The Labute approximate surface area is 164 Å². The van der Waals surface area contributed by atoms with Crippen LogP contribution in [0.15, 0.2) is 11.0 Å². The normalized spacial score (nSPS) is 23.7. The van der Waals surface area contributed by atoms with Crippen LogP contribution in [0.2, 0.25) is 18.1 Å². The second kappa shape index (κ2) is 8.45. The number of rotatable bonds is 7. The van der Waals surface area contributed by atoms with Crippen LogP contribution in [0, 0.1) is 5.92 Å². The van der Waals surface area contributed by atoms with E-state index in [9.17, 15) is 4.79 Å². The number of nitrogens with zero attached hydrogens (tertiary/aromatic N) is 2. The number of nitrogen functional groups attached to an aromatic ring is 1. The molecule has 0 saturated carbocycles. The summed E-state index contributed by atoms with van der Waals surface area (Å²) < 4.78 is 13.9. The Morgan fingerprint density at radius 1 is 1.41 bits per heavy atom. The molecule has 2 rings (SSSR count). The molecule has 0 radical (unpaired) electrons. The van der Waals surface area contributed by atoms with Crippen molar-refractivity contribution in [1.29, 1.82) is 0 Å². The van der Waals surface area contributed by atoms with Crippen LogP contribution < -0.4 is 11.4 Å². The molecule has 27 heavy (non-hydrogen) atoms. The van der Waals surface area contributed by atoms with Crippen molar-refractivity contribution in [3.8, 4) is 0 Å². The first kappa shape index (κ1) is 22.1. The van der Waals surface area contributed by atoms with Gasteiger partial charge < -0.3 is 14.9 Å². The fraction of sp³-hybridized carbons (Fsp3) is 0.800. The maximum absolute atomic E-state index is 12.3. The average Bonchev–Trinajstić information content (AvgIpc) is 2.92. The molecule has 0 amide bonds. The summed E-state index contributed by atoms with van der Waals surface area (Å²) in [6.45, 7) is 16.2. The number of ether oxygens (including phenoxy) is 1. The maximum Gasteiger partial charge on any atom is 0.351 e. The number of nitrogens with two attached hydrogens (primary N) is 1. The van der Waals surface area contributed by atoms with Crippen molar-refractivity contribution in [2.45, 2.75) is 90.8 Å². The lowest BCUT2D eigenvalue weighted by Crippen LogP contribution is -2.41. The number of aromatic nitrogens is 2. The summed E-state index contributed by atoms with van der Waals surface area (Å²) in [7, 11) is -1.74. The summed E-state index contributed by atoms with van der Waals surface area (Å²) in [5.74, 6) is 0.757. The molecule has 7 heteroatoms. The third-order valence-electron chi connectivity index (χ3n) is 6.17. The van der Waals surface area contributed by atoms with Crippen LogP contribution in [0.1, 0.15) is 65.7 Å². The van der Waals surface area contributed by atoms with E-state index in [0.29, 0.717) is 18.3 Å². The molecular formula is C20H37N3O3Si. The first-order valence-corrected chi connectivity index (χ1v) is 13.0. The molecule has 1 unspecified atom stereocenters. The van der Waals surface area contributed by atoms with Gasteiger partial charge in [0.2, 0.25) is 0 Å². The van der Waals surface area contributed by atoms with Gasteiger partial charge in [-0.2, -0.15) is 4.98 Å². The molecule has 2 heterocycles. The molecule has 1 fully saturated rings. The van der Waals surface area contributed by atoms with E-state index in [4.69, 9.17) is 14.9 Å². The van der Waals surface area contributed by atoms with E-state index in [2.05, 4.69) is 52.7 Å². The largest absolute Gasteiger partial charge is 0.417 e. The van der Waals surface area contributed by atoms with Gasteiger partial charge in [0.25, 0.3) is 0 Å². The first-order valence-electron chi connectivity index (χ1n) is 10.1. The van der Waals surface area contributed by atoms with E-state index < -0.39 is 8.32 Å². The SMILES string of the molecule is CC[C@H]1OC(n2cc(CCCO[Si](C)(C)C(C)(C)C)c(N)nc2=O)C[C@@H]1C. The van der Waals surface area contributed by atoms with Gasteiger partial charge in [0, 0.05) is 18.4 Å². The highest BCUT2D eigenvalue weighted by Crippen LogP contribution is 2.37. The molecule has 1 aromatic rings. The van der Waals surface area contributed by atoms with Gasteiger partial charge in [-0.3, -0.25) is 4.57 Å². The molecule has 0 aromatic carbocycles. The van der Waals surface area contributed by atoms with Crippen molar-refractivity contribution in [2.75, 3.05) is 12.3 Å². The van der Waals surface area contributed by atoms with Crippen LogP contribution in [0.5, 0.6) is 0 Å². The van der Waals surface area contributed by atoms with E-state index in [1.165, 1.54) is 0 Å². The Morgan fingerprint density at radius 2 is 2.07 bits per heavy atom. The van der Waals surface area contributed by atoms with Gasteiger partial charge in [0.05, 0.1) is 6.10 Å². The molecule has 1 aliphatic rings. The third-order valence-corrected chi connectivity index (χ3v) is 10.7. The molecule has 2 N–H and O–H groups in total. The van der Waals surface area contributed by atoms with E-state index in [1.54, 1.807) is 4.57 Å². The summed E-state index contributed by atoms with van der Waals surface area (Å²) in [5, 5.41) is 0.202. The maximum atomic E-state index is 12.3. The lowest BCUT2D eigenvalue weighted by molar-refractivity contribution is -0.00760. The summed E-state index contributed by atoms with van der Waals surface area (Å²) in [5.41, 5.74) is 6.57. The monoisotopic (exact) mass is 395 g/mol. The summed E-state index contributed by atoms with van der Waals surface area (Å²) in [4.78, 5) is 16.4. The molecule has 154 valence electrons. The molecule has 0 spiro atoms. The Hall–Kier alpha value is -1.18. The number of hydrogen-bond acceptors (Lipinski definition) is 5. The number of hydrogen-bond donors (Lipinski definition) is 1. The zero-order valence-corrected chi connectivity index (χ0v) is 19.0. The quantitative estimate of drug-likeness (QED) is 0.555. The van der Waals surface area contributed by atoms with Crippen LogP contribution in [0.25, 0.3) is 0 Å².